The number of rotatable bonds is 8. The van der Waals surface area contributed by atoms with Crippen molar-refractivity contribution in [1.82, 2.24) is 9.80 Å². The van der Waals surface area contributed by atoms with Crippen LogP contribution in [0.1, 0.15) is 18.4 Å². The Morgan fingerprint density at radius 2 is 1.72 bits per heavy atom. The fourth-order valence-corrected chi connectivity index (χ4v) is 3.77. The van der Waals surface area contributed by atoms with Crippen molar-refractivity contribution in [2.75, 3.05) is 52.4 Å². The fraction of sp³-hybridized carbons (Fsp3) is 0.478. The maximum Gasteiger partial charge on any atom is 0.168 e. The highest BCUT2D eigenvalue weighted by Gasteiger charge is 2.25. The van der Waals surface area contributed by atoms with Crippen molar-refractivity contribution in [2.24, 2.45) is 10.9 Å². The summed E-state index contributed by atoms with van der Waals surface area (Å²) in [5.74, 6) is 0.123. The zero-order chi connectivity index (χ0) is 20.5. The predicted molar refractivity (Wildman–Crippen MR) is 116 cm³/mol. The molecule has 1 unspecified atom stereocenters. The van der Waals surface area contributed by atoms with Gasteiger partial charge in [0.25, 0.3) is 0 Å². The van der Waals surface area contributed by atoms with Gasteiger partial charge in [-0.15, -0.1) is 0 Å². The second kappa shape index (κ2) is 11.0. The summed E-state index contributed by atoms with van der Waals surface area (Å²) < 4.78 is 0. The molecule has 1 heterocycles. The molecule has 3 rings (SSSR count). The number of carbonyl (C=O) groups is 1. The quantitative estimate of drug-likeness (QED) is 0.658. The molecule has 1 aromatic carbocycles. The maximum absolute atomic E-state index is 12.4. The first-order chi connectivity index (χ1) is 14.2. The Bertz CT molecular complexity index is 750. The lowest BCUT2D eigenvalue weighted by molar-refractivity contribution is -0.116. The minimum Gasteiger partial charge on any atom is -0.511 e. The van der Waals surface area contributed by atoms with Gasteiger partial charge in [0.05, 0.1) is 18.7 Å². The smallest absolute Gasteiger partial charge is 0.168 e. The molecule has 6 heteroatoms. The highest BCUT2D eigenvalue weighted by Crippen LogP contribution is 2.26. The number of aliphatic imine (C=N–C) groups is 1. The van der Waals surface area contributed by atoms with E-state index >= 15 is 0 Å². The average Bonchev–Trinajstić information content (AvgIpc) is 2.73. The van der Waals surface area contributed by atoms with Crippen LogP contribution < -0.4 is 0 Å². The van der Waals surface area contributed by atoms with E-state index in [-0.39, 0.29) is 24.1 Å². The van der Waals surface area contributed by atoms with E-state index < -0.39 is 0 Å². The van der Waals surface area contributed by atoms with E-state index in [0.717, 1.165) is 44.8 Å². The van der Waals surface area contributed by atoms with Crippen LogP contribution in [0.2, 0.25) is 0 Å². The van der Waals surface area contributed by atoms with Crippen molar-refractivity contribution >= 4 is 18.1 Å². The van der Waals surface area contributed by atoms with E-state index in [9.17, 15) is 9.90 Å². The molecule has 6 nitrogen and oxygen atoms in total. The molecule has 2 N–H and O–H groups in total. The van der Waals surface area contributed by atoms with Crippen LogP contribution in [0.4, 0.5) is 0 Å². The fourth-order valence-electron chi connectivity index (χ4n) is 3.77. The Hall–Kier alpha value is -2.28. The summed E-state index contributed by atoms with van der Waals surface area (Å²) in [6, 6.07) is 9.96. The molecule has 0 aromatic heterocycles. The first kappa shape index (κ1) is 21.4. The van der Waals surface area contributed by atoms with E-state index in [0.29, 0.717) is 25.0 Å². The predicted octanol–water partition coefficient (Wildman–Crippen LogP) is 2.17. The van der Waals surface area contributed by atoms with Gasteiger partial charge >= 0.3 is 0 Å². The van der Waals surface area contributed by atoms with Gasteiger partial charge in [-0.05, 0) is 11.5 Å². The van der Waals surface area contributed by atoms with Crippen LogP contribution >= 0.6 is 0 Å². The summed E-state index contributed by atoms with van der Waals surface area (Å²) in [4.78, 5) is 21.4. The zero-order valence-corrected chi connectivity index (χ0v) is 16.9. The molecule has 0 amide bonds. The van der Waals surface area contributed by atoms with E-state index in [1.54, 1.807) is 6.21 Å². The van der Waals surface area contributed by atoms with Crippen molar-refractivity contribution in [2.45, 2.75) is 12.8 Å². The summed E-state index contributed by atoms with van der Waals surface area (Å²) in [6.07, 6.45) is 6.44. The van der Waals surface area contributed by atoms with E-state index in [1.807, 2.05) is 42.5 Å². The molecule has 2 aliphatic rings. The third-order valence-corrected chi connectivity index (χ3v) is 5.52. The number of carbonyl (C=O) groups excluding carboxylic acids is 1. The van der Waals surface area contributed by atoms with Gasteiger partial charge in [0, 0.05) is 58.3 Å². The second-order valence-electron chi connectivity index (χ2n) is 7.66. The Balaban J connectivity index is 1.45. The molecule has 0 bridgehead atoms. The minimum atomic E-state index is -0.0437. The number of β-amino-alcohol motifs (C(OH)–C–C–N with tert-alkyl or cyclic N) is 1. The lowest BCUT2D eigenvalue weighted by atomic mass is 9.87. The number of allylic oxidation sites excluding steroid dienone is 3. The van der Waals surface area contributed by atoms with Crippen LogP contribution in [0.15, 0.2) is 52.7 Å². The Kier molecular flexibility index (Phi) is 8.16. The monoisotopic (exact) mass is 397 g/mol. The number of aliphatic hydroxyl groups excluding tert-OH is 2. The van der Waals surface area contributed by atoms with Crippen LogP contribution in [0.25, 0.3) is 6.08 Å². The molecule has 1 saturated heterocycles. The number of hydrogen-bond acceptors (Lipinski definition) is 6. The van der Waals surface area contributed by atoms with Gasteiger partial charge in [0.2, 0.25) is 0 Å². The van der Waals surface area contributed by atoms with Crippen LogP contribution in [0.5, 0.6) is 0 Å². The molecular formula is C23H31N3O3. The average molecular weight is 398 g/mol. The number of nitrogens with zero attached hydrogens (tertiary/aromatic N) is 3. The summed E-state index contributed by atoms with van der Waals surface area (Å²) in [7, 11) is 0. The second-order valence-corrected chi connectivity index (χ2v) is 7.66. The number of piperazine rings is 1. The number of Topliss-reactive ketones (excluding diaryl/α,β-unsaturated/α-hetero) is 1. The van der Waals surface area contributed by atoms with E-state index in [2.05, 4.69) is 14.8 Å². The van der Waals surface area contributed by atoms with Crippen LogP contribution in [-0.2, 0) is 4.79 Å². The van der Waals surface area contributed by atoms with E-state index in [4.69, 9.17) is 5.11 Å². The van der Waals surface area contributed by atoms with Crippen LogP contribution in [0.3, 0.4) is 0 Å². The summed E-state index contributed by atoms with van der Waals surface area (Å²) in [5, 5.41) is 19.3. The third kappa shape index (κ3) is 6.63. The Morgan fingerprint density at radius 1 is 1.03 bits per heavy atom. The molecule has 156 valence electrons. The molecule has 1 aliphatic heterocycles. The number of hydrogen-bond donors (Lipinski definition) is 2. The molecule has 29 heavy (non-hydrogen) atoms. The standard InChI is InChI=1S/C23H31N3O3/c27-15-14-26-12-10-25(11-13-26)9-8-24-18-21-22(28)16-20(17-23(21)29)7-6-19-4-2-1-3-5-19/h1-7,18,20,27-28H,8-17H2/b7-6+,24-18?. The molecule has 0 spiro atoms. The van der Waals surface area contributed by atoms with Crippen molar-refractivity contribution in [1.29, 1.82) is 0 Å². The maximum atomic E-state index is 12.4. The number of aliphatic hydroxyl groups is 2. The van der Waals surface area contributed by atoms with Gasteiger partial charge in [0.1, 0.15) is 5.76 Å². The van der Waals surface area contributed by atoms with Crippen molar-refractivity contribution in [3.8, 4) is 0 Å². The molecule has 1 aromatic rings. The zero-order valence-electron chi connectivity index (χ0n) is 16.9. The Labute approximate surface area is 172 Å². The molecule has 0 saturated carbocycles. The minimum absolute atomic E-state index is 0.0232. The first-order valence-electron chi connectivity index (χ1n) is 10.4. The topological polar surface area (TPSA) is 76.4 Å². The number of ketones is 1. The SMILES string of the molecule is O=C1CC(/C=C/c2ccccc2)CC(O)=C1C=NCCN1CCN(CCO)CC1. The molecule has 1 atom stereocenters. The molecular weight excluding hydrogens is 366 g/mol. The van der Waals surface area contributed by atoms with Crippen molar-refractivity contribution in [3.63, 3.8) is 0 Å². The first-order valence-corrected chi connectivity index (χ1v) is 10.4. The van der Waals surface area contributed by atoms with Gasteiger partial charge in [-0.1, -0.05) is 42.5 Å². The molecule has 1 fully saturated rings. The summed E-state index contributed by atoms with van der Waals surface area (Å²) in [5.41, 5.74) is 1.45. The van der Waals surface area contributed by atoms with Gasteiger partial charge in [-0.3, -0.25) is 19.6 Å². The lowest BCUT2D eigenvalue weighted by Gasteiger charge is -2.33. The van der Waals surface area contributed by atoms with E-state index in [1.165, 1.54) is 0 Å². The van der Waals surface area contributed by atoms with Gasteiger partial charge < -0.3 is 10.2 Å². The number of benzene rings is 1. The van der Waals surface area contributed by atoms with Crippen LogP contribution in [0, 0.1) is 5.92 Å². The van der Waals surface area contributed by atoms with Gasteiger partial charge in [0.15, 0.2) is 5.78 Å². The third-order valence-electron chi connectivity index (χ3n) is 5.52. The summed E-state index contributed by atoms with van der Waals surface area (Å²) >= 11 is 0. The highest BCUT2D eigenvalue weighted by molar-refractivity contribution is 6.14. The molecule has 0 radical (unpaired) electrons. The van der Waals surface area contributed by atoms with Gasteiger partial charge in [-0.25, -0.2) is 0 Å². The Morgan fingerprint density at radius 3 is 2.38 bits per heavy atom. The largest absolute Gasteiger partial charge is 0.511 e. The molecule has 1 aliphatic carbocycles. The van der Waals surface area contributed by atoms with Crippen molar-refractivity contribution < 1.29 is 15.0 Å². The highest BCUT2D eigenvalue weighted by atomic mass is 16.3. The van der Waals surface area contributed by atoms with Crippen molar-refractivity contribution in [3.05, 3.63) is 53.3 Å². The normalized spacial score (nSPS) is 22.2. The van der Waals surface area contributed by atoms with Gasteiger partial charge in [-0.2, -0.15) is 0 Å². The lowest BCUT2D eigenvalue weighted by Crippen LogP contribution is -2.47. The van der Waals surface area contributed by atoms with Crippen LogP contribution in [-0.4, -0.2) is 84.4 Å². The summed E-state index contributed by atoms with van der Waals surface area (Å²) in [6.45, 7) is 6.27.